The molecule has 1 fully saturated rings. The molecular formula is C16H19N3O3. The molecule has 2 N–H and O–H groups in total. The Morgan fingerprint density at radius 2 is 2.32 bits per heavy atom. The lowest BCUT2D eigenvalue weighted by Gasteiger charge is -2.30. The number of likely N-dealkylation sites (N-methyl/N-ethyl adjacent to an activating group) is 1. The minimum Gasteiger partial charge on any atom is -0.489 e. The normalized spacial score (nSPS) is 19.0. The minimum atomic E-state index is -1.02. The number of hydrogen-bond donors (Lipinski definition) is 2. The van der Waals surface area contributed by atoms with E-state index in [0.29, 0.717) is 5.69 Å². The van der Waals surface area contributed by atoms with E-state index in [1.807, 2.05) is 24.3 Å². The summed E-state index contributed by atoms with van der Waals surface area (Å²) in [4.78, 5) is 13.2. The van der Waals surface area contributed by atoms with Gasteiger partial charge in [-0.15, -0.1) is 0 Å². The highest BCUT2D eigenvalue weighted by Gasteiger charge is 2.18. The molecule has 2 heterocycles. The average Bonchev–Trinajstić information content (AvgIpc) is 2.97. The summed E-state index contributed by atoms with van der Waals surface area (Å²) in [5.74, 6) is -0.228. The van der Waals surface area contributed by atoms with Gasteiger partial charge in [-0.3, -0.25) is 5.10 Å². The molecule has 0 saturated carbocycles. The summed E-state index contributed by atoms with van der Waals surface area (Å²) in [6.07, 6.45) is 2.39. The Bertz CT molecular complexity index is 668. The second-order valence-corrected chi connectivity index (χ2v) is 5.64. The maximum atomic E-state index is 10.9. The van der Waals surface area contributed by atoms with Crippen molar-refractivity contribution in [1.82, 2.24) is 15.1 Å². The van der Waals surface area contributed by atoms with Crippen LogP contribution >= 0.6 is 0 Å². The fraction of sp³-hybridized carbons (Fsp3) is 0.375. The lowest BCUT2D eigenvalue weighted by atomic mass is 10.1. The van der Waals surface area contributed by atoms with Gasteiger partial charge in [0.05, 0.1) is 5.69 Å². The van der Waals surface area contributed by atoms with Crippen molar-refractivity contribution in [2.45, 2.75) is 18.9 Å². The molecule has 1 aromatic heterocycles. The molecular weight excluding hydrogens is 282 g/mol. The van der Waals surface area contributed by atoms with Crippen molar-refractivity contribution in [3.63, 3.8) is 0 Å². The number of hydrogen-bond acceptors (Lipinski definition) is 4. The molecule has 1 saturated heterocycles. The second kappa shape index (κ2) is 6.19. The van der Waals surface area contributed by atoms with E-state index in [1.165, 1.54) is 6.07 Å². The number of aromatic amines is 1. The summed E-state index contributed by atoms with van der Waals surface area (Å²) in [7, 11) is 2.10. The molecule has 1 aromatic carbocycles. The summed E-state index contributed by atoms with van der Waals surface area (Å²) < 4.78 is 6.05. The van der Waals surface area contributed by atoms with Gasteiger partial charge >= 0.3 is 5.97 Å². The van der Waals surface area contributed by atoms with Crippen molar-refractivity contribution in [3.05, 3.63) is 36.0 Å². The zero-order valence-electron chi connectivity index (χ0n) is 12.5. The molecule has 0 radical (unpaired) electrons. The van der Waals surface area contributed by atoms with Crippen LogP contribution in [0.4, 0.5) is 0 Å². The van der Waals surface area contributed by atoms with Crippen molar-refractivity contribution >= 4 is 5.97 Å². The number of carboxylic acids is 1. The fourth-order valence-corrected chi connectivity index (χ4v) is 2.72. The molecule has 0 amide bonds. The minimum absolute atomic E-state index is 0.0789. The second-order valence-electron chi connectivity index (χ2n) is 5.64. The van der Waals surface area contributed by atoms with Gasteiger partial charge in [0.2, 0.25) is 0 Å². The van der Waals surface area contributed by atoms with Gasteiger partial charge in [-0.1, -0.05) is 12.1 Å². The van der Waals surface area contributed by atoms with E-state index >= 15 is 0 Å². The first kappa shape index (κ1) is 14.6. The van der Waals surface area contributed by atoms with Crippen LogP contribution in [0.25, 0.3) is 11.3 Å². The predicted octanol–water partition coefficient (Wildman–Crippen LogP) is 2.25. The monoisotopic (exact) mass is 301 g/mol. The number of benzene rings is 1. The summed E-state index contributed by atoms with van der Waals surface area (Å²) >= 11 is 0. The molecule has 116 valence electrons. The third-order valence-corrected chi connectivity index (χ3v) is 3.82. The number of carboxylic acid groups (broad SMARTS) is 1. The maximum Gasteiger partial charge on any atom is 0.353 e. The van der Waals surface area contributed by atoms with Crippen LogP contribution in [-0.4, -0.2) is 52.4 Å². The maximum absolute atomic E-state index is 10.9. The highest BCUT2D eigenvalue weighted by molar-refractivity contribution is 5.86. The highest BCUT2D eigenvalue weighted by Crippen LogP contribution is 2.25. The average molecular weight is 301 g/mol. The van der Waals surface area contributed by atoms with Crippen molar-refractivity contribution in [3.8, 4) is 17.0 Å². The number of ether oxygens (including phenoxy) is 1. The standard InChI is InChI=1S/C16H19N3O3/c1-19-7-3-6-13(10-19)22-12-5-2-4-11(8-12)14-9-15(16(20)21)18-17-14/h2,4-5,8-9,13H,3,6-7,10H2,1H3,(H,17,18)(H,20,21). The number of nitrogens with one attached hydrogen (secondary N) is 1. The Kier molecular flexibility index (Phi) is 4.11. The van der Waals surface area contributed by atoms with Gasteiger partial charge < -0.3 is 14.7 Å². The van der Waals surface area contributed by atoms with E-state index in [1.54, 1.807) is 0 Å². The molecule has 6 nitrogen and oxygen atoms in total. The summed E-state index contributed by atoms with van der Waals surface area (Å²) in [5.41, 5.74) is 1.52. The summed E-state index contributed by atoms with van der Waals surface area (Å²) in [6.45, 7) is 2.04. The lowest BCUT2D eigenvalue weighted by molar-refractivity contribution is 0.0690. The summed E-state index contributed by atoms with van der Waals surface area (Å²) in [5, 5.41) is 15.5. The van der Waals surface area contributed by atoms with Crippen LogP contribution in [0.5, 0.6) is 5.75 Å². The largest absolute Gasteiger partial charge is 0.489 e. The fourth-order valence-electron chi connectivity index (χ4n) is 2.72. The molecule has 0 aliphatic carbocycles. The number of nitrogens with zero attached hydrogens (tertiary/aromatic N) is 2. The Labute approximate surface area is 128 Å². The first-order chi connectivity index (χ1) is 10.6. The van der Waals surface area contributed by atoms with E-state index in [9.17, 15) is 4.79 Å². The Balaban J connectivity index is 1.75. The van der Waals surface area contributed by atoms with Crippen molar-refractivity contribution in [2.75, 3.05) is 20.1 Å². The van der Waals surface area contributed by atoms with Crippen LogP contribution in [0.2, 0.25) is 0 Å². The van der Waals surface area contributed by atoms with E-state index in [4.69, 9.17) is 9.84 Å². The van der Waals surface area contributed by atoms with Crippen LogP contribution in [-0.2, 0) is 0 Å². The van der Waals surface area contributed by atoms with Gasteiger partial charge in [-0.05, 0) is 44.6 Å². The Hall–Kier alpha value is -2.34. The topological polar surface area (TPSA) is 78.5 Å². The van der Waals surface area contributed by atoms with Crippen LogP contribution in [0.3, 0.4) is 0 Å². The van der Waals surface area contributed by atoms with Crippen molar-refractivity contribution in [2.24, 2.45) is 0 Å². The zero-order valence-corrected chi connectivity index (χ0v) is 12.5. The van der Waals surface area contributed by atoms with Gasteiger partial charge in [0.1, 0.15) is 17.5 Å². The quantitative estimate of drug-likeness (QED) is 0.905. The lowest BCUT2D eigenvalue weighted by Crippen LogP contribution is -2.38. The van der Waals surface area contributed by atoms with E-state index in [0.717, 1.165) is 37.2 Å². The number of aromatic carboxylic acids is 1. The molecule has 0 spiro atoms. The van der Waals surface area contributed by atoms with Gasteiger partial charge in [0.15, 0.2) is 0 Å². The smallest absolute Gasteiger partial charge is 0.353 e. The molecule has 1 aliphatic heterocycles. The van der Waals surface area contributed by atoms with E-state index < -0.39 is 5.97 Å². The molecule has 1 unspecified atom stereocenters. The van der Waals surface area contributed by atoms with Crippen LogP contribution in [0.1, 0.15) is 23.3 Å². The van der Waals surface area contributed by atoms with Gasteiger partial charge in [-0.25, -0.2) is 4.79 Å². The number of likely N-dealkylation sites (tertiary alicyclic amines) is 1. The summed E-state index contributed by atoms with van der Waals surface area (Å²) in [6, 6.07) is 9.13. The van der Waals surface area contributed by atoms with Gasteiger partial charge in [0, 0.05) is 12.1 Å². The Morgan fingerprint density at radius 1 is 1.45 bits per heavy atom. The van der Waals surface area contributed by atoms with Crippen LogP contribution in [0, 0.1) is 0 Å². The third kappa shape index (κ3) is 3.28. The zero-order chi connectivity index (χ0) is 15.5. The molecule has 22 heavy (non-hydrogen) atoms. The number of aromatic nitrogens is 2. The molecule has 3 rings (SSSR count). The van der Waals surface area contributed by atoms with Crippen molar-refractivity contribution < 1.29 is 14.6 Å². The SMILES string of the molecule is CN1CCCC(Oc2cccc(-c3cc(C(=O)O)[nH]n3)c2)C1. The first-order valence-electron chi connectivity index (χ1n) is 7.36. The molecule has 2 aromatic rings. The van der Waals surface area contributed by atoms with E-state index in [2.05, 4.69) is 22.1 Å². The number of H-pyrrole nitrogens is 1. The molecule has 1 atom stereocenters. The van der Waals surface area contributed by atoms with Crippen LogP contribution < -0.4 is 4.74 Å². The first-order valence-corrected chi connectivity index (χ1v) is 7.36. The molecule has 1 aliphatic rings. The molecule has 6 heteroatoms. The third-order valence-electron chi connectivity index (χ3n) is 3.82. The highest BCUT2D eigenvalue weighted by atomic mass is 16.5. The predicted molar refractivity (Wildman–Crippen MR) is 82.1 cm³/mol. The van der Waals surface area contributed by atoms with Crippen molar-refractivity contribution in [1.29, 1.82) is 0 Å². The van der Waals surface area contributed by atoms with E-state index in [-0.39, 0.29) is 11.8 Å². The number of carbonyl (C=O) groups is 1. The number of rotatable bonds is 4. The van der Waals surface area contributed by atoms with Gasteiger partial charge in [-0.2, -0.15) is 5.10 Å². The van der Waals surface area contributed by atoms with Crippen LogP contribution in [0.15, 0.2) is 30.3 Å². The molecule has 0 bridgehead atoms. The van der Waals surface area contributed by atoms with Gasteiger partial charge in [0.25, 0.3) is 0 Å². The number of piperidine rings is 1. The Morgan fingerprint density at radius 3 is 3.05 bits per heavy atom.